The number of hydrazone groups is 1. The third-order valence-corrected chi connectivity index (χ3v) is 5.20. The summed E-state index contributed by atoms with van der Waals surface area (Å²) in [5, 5.41) is 6.65. The minimum atomic E-state index is -0.507. The Labute approximate surface area is 155 Å². The first kappa shape index (κ1) is 15.7. The molecule has 4 heterocycles. The minimum absolute atomic E-state index is 0.0352. The summed E-state index contributed by atoms with van der Waals surface area (Å²) in [6, 6.07) is 11.1. The molecule has 5 rings (SSSR count). The number of nitrogens with zero attached hydrogens (tertiary/aromatic N) is 4. The molecule has 0 radical (unpaired) electrons. The van der Waals surface area contributed by atoms with Crippen LogP contribution in [0.2, 0.25) is 0 Å². The van der Waals surface area contributed by atoms with E-state index in [4.69, 9.17) is 0 Å². The average molecular weight is 359 g/mol. The molecule has 2 aliphatic heterocycles. The summed E-state index contributed by atoms with van der Waals surface area (Å²) in [5.74, 6) is -0.230. The highest BCUT2D eigenvalue weighted by molar-refractivity contribution is 5.97. The molecule has 1 fully saturated rings. The number of nitrogens with one attached hydrogen (secondary N) is 1. The normalized spacial score (nSPS) is 19.6. The Morgan fingerprint density at radius 1 is 1.11 bits per heavy atom. The highest BCUT2D eigenvalue weighted by atomic mass is 16.2. The van der Waals surface area contributed by atoms with Crippen LogP contribution in [0.1, 0.15) is 16.8 Å². The van der Waals surface area contributed by atoms with Crippen molar-refractivity contribution in [3.8, 4) is 0 Å². The Balaban J connectivity index is 1.46. The van der Waals surface area contributed by atoms with Crippen molar-refractivity contribution in [1.29, 1.82) is 0 Å². The van der Waals surface area contributed by atoms with E-state index in [0.29, 0.717) is 13.0 Å². The summed E-state index contributed by atoms with van der Waals surface area (Å²) in [6.07, 6.45) is 5.41. The molecule has 134 valence electrons. The Morgan fingerprint density at radius 2 is 1.93 bits per heavy atom. The van der Waals surface area contributed by atoms with Gasteiger partial charge in [0.1, 0.15) is 12.6 Å². The Bertz CT molecular complexity index is 1070. The van der Waals surface area contributed by atoms with Gasteiger partial charge in [0, 0.05) is 35.4 Å². The highest BCUT2D eigenvalue weighted by Gasteiger charge is 2.43. The van der Waals surface area contributed by atoms with E-state index in [1.165, 1.54) is 5.01 Å². The minimum Gasteiger partial charge on any atom is -0.357 e. The number of amides is 2. The number of rotatable bonds is 2. The van der Waals surface area contributed by atoms with Crippen LogP contribution in [0.15, 0.2) is 53.9 Å². The van der Waals surface area contributed by atoms with Gasteiger partial charge in [0.2, 0.25) is 5.91 Å². The molecule has 0 aliphatic carbocycles. The third kappa shape index (κ3) is 2.59. The molecular formula is C20H17N5O2. The summed E-state index contributed by atoms with van der Waals surface area (Å²) < 4.78 is 0. The molecule has 0 spiro atoms. The van der Waals surface area contributed by atoms with Crippen LogP contribution in [0.3, 0.4) is 0 Å². The van der Waals surface area contributed by atoms with E-state index in [1.807, 2.05) is 18.2 Å². The van der Waals surface area contributed by atoms with Crippen LogP contribution < -0.4 is 0 Å². The second-order valence-electron chi connectivity index (χ2n) is 6.79. The molecule has 1 atom stereocenters. The van der Waals surface area contributed by atoms with Crippen molar-refractivity contribution >= 4 is 28.9 Å². The van der Waals surface area contributed by atoms with Gasteiger partial charge in [0.15, 0.2) is 0 Å². The molecule has 1 N–H and O–H groups in total. The number of pyridine rings is 1. The van der Waals surface area contributed by atoms with Crippen molar-refractivity contribution in [3.05, 3.63) is 65.6 Å². The maximum absolute atomic E-state index is 13.0. The van der Waals surface area contributed by atoms with Gasteiger partial charge in [-0.05, 0) is 29.3 Å². The molecule has 3 aromatic rings. The number of benzene rings is 1. The smallest absolute Gasteiger partial charge is 0.266 e. The van der Waals surface area contributed by atoms with Gasteiger partial charge in [-0.3, -0.25) is 14.6 Å². The molecule has 0 bridgehead atoms. The predicted molar refractivity (Wildman–Crippen MR) is 99.9 cm³/mol. The quantitative estimate of drug-likeness (QED) is 0.707. The van der Waals surface area contributed by atoms with E-state index >= 15 is 0 Å². The van der Waals surface area contributed by atoms with Crippen molar-refractivity contribution in [2.45, 2.75) is 19.0 Å². The molecule has 27 heavy (non-hydrogen) atoms. The SMILES string of the molecule is O=C1[C@@H]2Cc3c([nH]c4ccccc34)CN2C(=O)CN1/N=C/c1ccncc1. The lowest BCUT2D eigenvalue weighted by molar-refractivity contribution is -0.157. The van der Waals surface area contributed by atoms with Crippen molar-refractivity contribution in [2.75, 3.05) is 6.54 Å². The lowest BCUT2D eigenvalue weighted by Crippen LogP contribution is -2.60. The van der Waals surface area contributed by atoms with Gasteiger partial charge in [-0.2, -0.15) is 5.10 Å². The maximum Gasteiger partial charge on any atom is 0.266 e. The molecule has 0 unspecified atom stereocenters. The zero-order valence-electron chi connectivity index (χ0n) is 14.5. The Hall–Kier alpha value is -3.48. The first-order valence-electron chi connectivity index (χ1n) is 8.84. The first-order valence-corrected chi connectivity index (χ1v) is 8.84. The van der Waals surface area contributed by atoms with Crippen molar-refractivity contribution < 1.29 is 9.59 Å². The van der Waals surface area contributed by atoms with E-state index in [2.05, 4.69) is 21.1 Å². The largest absolute Gasteiger partial charge is 0.357 e. The Morgan fingerprint density at radius 3 is 2.78 bits per heavy atom. The lowest BCUT2D eigenvalue weighted by atomic mass is 9.94. The van der Waals surface area contributed by atoms with Crippen LogP contribution in [0, 0.1) is 0 Å². The van der Waals surface area contributed by atoms with Crippen molar-refractivity contribution in [3.63, 3.8) is 0 Å². The molecule has 7 nitrogen and oxygen atoms in total. The van der Waals surface area contributed by atoms with Gasteiger partial charge in [-0.1, -0.05) is 18.2 Å². The van der Waals surface area contributed by atoms with Crippen LogP contribution in [0.5, 0.6) is 0 Å². The molecule has 7 heteroatoms. The molecule has 2 amide bonds. The highest BCUT2D eigenvalue weighted by Crippen LogP contribution is 2.32. The standard InChI is InChI=1S/C20H17N5O2/c26-19-12-25(22-10-13-5-7-21-8-6-13)20(27)18-9-15-14-3-1-2-4-16(14)23-17(15)11-24(18)19/h1-8,10,18,23H,9,11-12H2/b22-10+/t18-/m0/s1. The number of aromatic nitrogens is 2. The number of piperazine rings is 1. The fourth-order valence-corrected chi connectivity index (χ4v) is 3.84. The predicted octanol–water partition coefficient (Wildman–Crippen LogP) is 1.69. The number of fused-ring (bicyclic) bond motifs is 4. The molecule has 2 aliphatic rings. The van der Waals surface area contributed by atoms with Gasteiger partial charge in [0.05, 0.1) is 12.8 Å². The molecule has 0 saturated carbocycles. The number of aromatic amines is 1. The fourth-order valence-electron chi connectivity index (χ4n) is 3.84. The third-order valence-electron chi connectivity index (χ3n) is 5.20. The first-order chi connectivity index (χ1) is 13.2. The second-order valence-corrected chi connectivity index (χ2v) is 6.79. The van der Waals surface area contributed by atoms with Crippen LogP contribution >= 0.6 is 0 Å². The molecule has 2 aromatic heterocycles. The molecule has 1 aromatic carbocycles. The summed E-state index contributed by atoms with van der Waals surface area (Å²) in [5.41, 5.74) is 4.00. The van der Waals surface area contributed by atoms with Crippen molar-refractivity contribution in [1.82, 2.24) is 19.9 Å². The Kier molecular flexibility index (Phi) is 3.53. The maximum atomic E-state index is 13.0. The monoisotopic (exact) mass is 359 g/mol. The van der Waals surface area contributed by atoms with Crippen molar-refractivity contribution in [2.24, 2.45) is 5.10 Å². The van der Waals surface area contributed by atoms with E-state index < -0.39 is 6.04 Å². The number of para-hydroxylation sites is 1. The van der Waals surface area contributed by atoms with Crippen LogP contribution in [-0.2, 0) is 22.6 Å². The van der Waals surface area contributed by atoms with Crippen LogP contribution in [-0.4, -0.2) is 50.5 Å². The van der Waals surface area contributed by atoms with E-state index in [0.717, 1.165) is 27.7 Å². The summed E-state index contributed by atoms with van der Waals surface area (Å²) in [6.45, 7) is 0.396. The average Bonchev–Trinajstić information content (AvgIpc) is 3.07. The van der Waals surface area contributed by atoms with Gasteiger partial charge in [0.25, 0.3) is 5.91 Å². The molecular weight excluding hydrogens is 342 g/mol. The van der Waals surface area contributed by atoms with Gasteiger partial charge < -0.3 is 9.88 Å². The summed E-state index contributed by atoms with van der Waals surface area (Å²) >= 11 is 0. The van der Waals surface area contributed by atoms with Gasteiger partial charge in [-0.15, -0.1) is 0 Å². The van der Waals surface area contributed by atoms with E-state index in [-0.39, 0.29) is 18.4 Å². The fraction of sp³-hybridized carbons (Fsp3) is 0.200. The van der Waals surface area contributed by atoms with Gasteiger partial charge in [-0.25, -0.2) is 5.01 Å². The number of H-pyrrole nitrogens is 1. The number of carbonyl (C=O) groups is 2. The molecule has 1 saturated heterocycles. The van der Waals surface area contributed by atoms with E-state index in [9.17, 15) is 9.59 Å². The summed E-state index contributed by atoms with van der Waals surface area (Å²) in [7, 11) is 0. The second kappa shape index (κ2) is 6.05. The lowest BCUT2D eigenvalue weighted by Gasteiger charge is -2.40. The van der Waals surface area contributed by atoms with E-state index in [1.54, 1.807) is 35.6 Å². The topological polar surface area (TPSA) is 81.7 Å². The van der Waals surface area contributed by atoms with Crippen LogP contribution in [0.25, 0.3) is 10.9 Å². The van der Waals surface area contributed by atoms with Crippen LogP contribution in [0.4, 0.5) is 0 Å². The number of hydrogen-bond acceptors (Lipinski definition) is 4. The summed E-state index contributed by atoms with van der Waals surface area (Å²) in [4.78, 5) is 34.7. The zero-order valence-corrected chi connectivity index (χ0v) is 14.5. The number of carbonyl (C=O) groups excluding carboxylic acids is 2. The van der Waals surface area contributed by atoms with Gasteiger partial charge >= 0.3 is 0 Å². The zero-order chi connectivity index (χ0) is 18.4. The number of hydrogen-bond donors (Lipinski definition) is 1.